The molecule has 174 valence electrons. The molecule has 2 N–H and O–H groups in total. The Kier molecular flexibility index (Phi) is 8.27. The van der Waals surface area contributed by atoms with E-state index in [1.807, 2.05) is 13.8 Å². The molecule has 1 aromatic carbocycles. The highest BCUT2D eigenvalue weighted by Gasteiger charge is 2.28. The molecule has 1 aliphatic rings. The fourth-order valence-electron chi connectivity index (χ4n) is 4.08. The molecule has 0 amide bonds. The largest absolute Gasteiger partial charge is 0.481 e. The van der Waals surface area contributed by atoms with Gasteiger partial charge in [0, 0.05) is 6.54 Å². The van der Waals surface area contributed by atoms with Gasteiger partial charge in [-0.2, -0.15) is 0 Å². The van der Waals surface area contributed by atoms with Crippen LogP contribution in [-0.2, 0) is 9.53 Å². The lowest BCUT2D eigenvalue weighted by Gasteiger charge is -2.40. The first kappa shape index (κ1) is 23.8. The van der Waals surface area contributed by atoms with E-state index in [1.54, 1.807) is 12.4 Å². The first-order valence-electron chi connectivity index (χ1n) is 11.3. The Morgan fingerprint density at radius 2 is 2.06 bits per heavy atom. The van der Waals surface area contributed by atoms with E-state index >= 15 is 0 Å². The van der Waals surface area contributed by atoms with Crippen LogP contribution in [0.4, 0.5) is 17.1 Å². The highest BCUT2D eigenvalue weighted by molar-refractivity contribution is 5.77. The highest BCUT2D eigenvalue weighted by Crippen LogP contribution is 2.36. The van der Waals surface area contributed by atoms with E-state index in [4.69, 9.17) is 9.47 Å². The number of nitrogens with zero attached hydrogens (tertiary/aromatic N) is 3. The third kappa shape index (κ3) is 5.88. The lowest BCUT2D eigenvalue weighted by molar-refractivity contribution is -0.137. The first-order chi connectivity index (χ1) is 15.4. The van der Waals surface area contributed by atoms with Gasteiger partial charge in [0.1, 0.15) is 0 Å². The standard InChI is InChI=1S/C24H34N4O4/c1-5-17(12-23(29)30)18-7-8-21(28-9-10-31-15-22(28)16(3)4)20(11-18)27-19-13-25-24(26-14-19)32-6-2/h7-8,11,13-14,16-17,22,27H,5-6,9-10,12,15H2,1-4H3,(H,29,30). The molecule has 2 unspecified atom stereocenters. The van der Waals surface area contributed by atoms with Crippen LogP contribution in [-0.4, -0.2) is 53.5 Å². The molecule has 8 nitrogen and oxygen atoms in total. The molecule has 0 spiro atoms. The first-order valence-corrected chi connectivity index (χ1v) is 11.3. The Morgan fingerprint density at radius 1 is 1.31 bits per heavy atom. The maximum absolute atomic E-state index is 11.4. The smallest absolute Gasteiger partial charge is 0.316 e. The number of hydrogen-bond donors (Lipinski definition) is 2. The molecule has 0 radical (unpaired) electrons. The summed E-state index contributed by atoms with van der Waals surface area (Å²) in [5.41, 5.74) is 3.72. The monoisotopic (exact) mass is 442 g/mol. The number of morpholine rings is 1. The number of aliphatic carboxylic acids is 1. The summed E-state index contributed by atoms with van der Waals surface area (Å²) in [4.78, 5) is 22.3. The Balaban J connectivity index is 1.98. The predicted octanol–water partition coefficient (Wildman–Crippen LogP) is 4.45. The third-order valence-corrected chi connectivity index (χ3v) is 5.83. The highest BCUT2D eigenvalue weighted by atomic mass is 16.5. The molecule has 8 heteroatoms. The van der Waals surface area contributed by atoms with Gasteiger partial charge in [-0.05, 0) is 42.9 Å². The number of hydrogen-bond acceptors (Lipinski definition) is 7. The van der Waals surface area contributed by atoms with Crippen molar-refractivity contribution in [2.45, 2.75) is 52.5 Å². The molecule has 1 fully saturated rings. The summed E-state index contributed by atoms with van der Waals surface area (Å²) < 4.78 is 11.1. The second-order valence-corrected chi connectivity index (χ2v) is 8.37. The molecular formula is C24H34N4O4. The minimum atomic E-state index is -0.789. The van der Waals surface area contributed by atoms with Gasteiger partial charge in [0.15, 0.2) is 0 Å². The van der Waals surface area contributed by atoms with Crippen molar-refractivity contribution in [2.24, 2.45) is 5.92 Å². The molecule has 1 aromatic heterocycles. The summed E-state index contributed by atoms with van der Waals surface area (Å²) in [6.07, 6.45) is 4.25. The van der Waals surface area contributed by atoms with Gasteiger partial charge in [0.05, 0.1) is 61.7 Å². The number of nitrogens with one attached hydrogen (secondary N) is 1. The van der Waals surface area contributed by atoms with Crippen LogP contribution in [0.25, 0.3) is 0 Å². The fourth-order valence-corrected chi connectivity index (χ4v) is 4.08. The van der Waals surface area contributed by atoms with Crippen LogP contribution >= 0.6 is 0 Å². The molecule has 32 heavy (non-hydrogen) atoms. The molecule has 0 saturated carbocycles. The Morgan fingerprint density at radius 3 is 2.69 bits per heavy atom. The van der Waals surface area contributed by atoms with Gasteiger partial charge in [-0.1, -0.05) is 26.8 Å². The van der Waals surface area contributed by atoms with Gasteiger partial charge in [0.2, 0.25) is 0 Å². The molecular weight excluding hydrogens is 408 g/mol. The number of anilines is 3. The van der Waals surface area contributed by atoms with E-state index in [-0.39, 0.29) is 18.4 Å². The van der Waals surface area contributed by atoms with E-state index in [0.717, 1.165) is 35.6 Å². The second-order valence-electron chi connectivity index (χ2n) is 8.37. The van der Waals surface area contributed by atoms with Gasteiger partial charge in [-0.3, -0.25) is 4.79 Å². The van der Waals surface area contributed by atoms with Gasteiger partial charge < -0.3 is 24.8 Å². The zero-order valence-electron chi connectivity index (χ0n) is 19.4. The number of benzene rings is 1. The maximum Gasteiger partial charge on any atom is 0.316 e. The van der Waals surface area contributed by atoms with Crippen LogP contribution in [0.15, 0.2) is 30.6 Å². The van der Waals surface area contributed by atoms with Crippen LogP contribution < -0.4 is 15.0 Å². The van der Waals surface area contributed by atoms with Crippen molar-refractivity contribution in [3.63, 3.8) is 0 Å². The average molecular weight is 443 g/mol. The second kappa shape index (κ2) is 11.1. The van der Waals surface area contributed by atoms with E-state index in [2.05, 4.69) is 52.2 Å². The molecule has 1 saturated heterocycles. The van der Waals surface area contributed by atoms with Crippen molar-refractivity contribution in [3.05, 3.63) is 36.2 Å². The molecule has 1 aliphatic heterocycles. The number of carboxylic acid groups (broad SMARTS) is 1. The fraction of sp³-hybridized carbons (Fsp3) is 0.542. The third-order valence-electron chi connectivity index (χ3n) is 5.83. The average Bonchev–Trinajstić information content (AvgIpc) is 2.79. The lowest BCUT2D eigenvalue weighted by Crippen LogP contribution is -2.48. The van der Waals surface area contributed by atoms with Gasteiger partial charge >= 0.3 is 12.0 Å². The molecule has 3 rings (SSSR count). The van der Waals surface area contributed by atoms with E-state index in [0.29, 0.717) is 31.7 Å². The van der Waals surface area contributed by atoms with E-state index < -0.39 is 5.97 Å². The summed E-state index contributed by atoms with van der Waals surface area (Å²) in [6.45, 7) is 11.0. The van der Waals surface area contributed by atoms with Crippen molar-refractivity contribution in [3.8, 4) is 6.01 Å². The zero-order chi connectivity index (χ0) is 23.1. The van der Waals surface area contributed by atoms with Crippen molar-refractivity contribution in [2.75, 3.05) is 36.6 Å². The van der Waals surface area contributed by atoms with Gasteiger partial charge in [0.25, 0.3) is 0 Å². The number of carbonyl (C=O) groups is 1. The number of rotatable bonds is 10. The van der Waals surface area contributed by atoms with Crippen molar-refractivity contribution in [1.82, 2.24) is 9.97 Å². The number of carboxylic acids is 1. The SMILES string of the molecule is CCOc1ncc(Nc2cc(C(CC)CC(=O)O)ccc2N2CCOCC2C(C)C)cn1. The lowest BCUT2D eigenvalue weighted by atomic mass is 9.92. The van der Waals surface area contributed by atoms with Crippen LogP contribution in [0.2, 0.25) is 0 Å². The minimum absolute atomic E-state index is 0.0516. The summed E-state index contributed by atoms with van der Waals surface area (Å²) in [6, 6.07) is 6.81. The minimum Gasteiger partial charge on any atom is -0.481 e. The normalized spacial score (nSPS) is 17.3. The summed E-state index contributed by atoms with van der Waals surface area (Å²) in [7, 11) is 0. The van der Waals surface area contributed by atoms with Crippen molar-refractivity contribution in [1.29, 1.82) is 0 Å². The Labute approximate surface area is 190 Å². The molecule has 2 heterocycles. The van der Waals surface area contributed by atoms with Crippen LogP contribution in [0.5, 0.6) is 6.01 Å². The maximum atomic E-state index is 11.4. The molecule has 0 bridgehead atoms. The predicted molar refractivity (Wildman–Crippen MR) is 125 cm³/mol. The molecule has 2 atom stereocenters. The zero-order valence-corrected chi connectivity index (χ0v) is 19.4. The van der Waals surface area contributed by atoms with Crippen molar-refractivity contribution >= 4 is 23.0 Å². The quantitative estimate of drug-likeness (QED) is 0.557. The van der Waals surface area contributed by atoms with Crippen LogP contribution in [0.3, 0.4) is 0 Å². The Hall–Kier alpha value is -2.87. The van der Waals surface area contributed by atoms with Gasteiger partial charge in [-0.15, -0.1) is 0 Å². The molecule has 0 aliphatic carbocycles. The summed E-state index contributed by atoms with van der Waals surface area (Å²) in [5.74, 6) is -0.417. The summed E-state index contributed by atoms with van der Waals surface area (Å²) in [5, 5.41) is 12.8. The van der Waals surface area contributed by atoms with Gasteiger partial charge in [-0.25, -0.2) is 9.97 Å². The van der Waals surface area contributed by atoms with E-state index in [1.165, 1.54) is 0 Å². The number of aromatic nitrogens is 2. The van der Waals surface area contributed by atoms with E-state index in [9.17, 15) is 9.90 Å². The number of ether oxygens (including phenoxy) is 2. The van der Waals surface area contributed by atoms with Crippen molar-refractivity contribution < 1.29 is 19.4 Å². The Bertz CT molecular complexity index is 888. The molecule has 2 aromatic rings. The topological polar surface area (TPSA) is 96.8 Å². The van der Waals surface area contributed by atoms with Crippen LogP contribution in [0.1, 0.15) is 52.0 Å². The van der Waals surface area contributed by atoms with Crippen LogP contribution in [0, 0.1) is 5.92 Å². The summed E-state index contributed by atoms with van der Waals surface area (Å²) >= 11 is 0.